The number of hydrogen-bond acceptors (Lipinski definition) is 0. The largest absolute Gasteiger partial charge is 0.344 e. The van der Waals surface area contributed by atoms with Crippen molar-refractivity contribution in [2.45, 2.75) is 109 Å². The number of aryl methyl sites for hydroxylation is 6. The second-order valence-corrected chi connectivity index (χ2v) is 39.4. The van der Waals surface area contributed by atoms with Crippen molar-refractivity contribution in [1.29, 1.82) is 0 Å². The van der Waals surface area contributed by atoms with E-state index in [2.05, 4.69) is 449 Å². The second-order valence-electron chi connectivity index (χ2n) is 39.4. The molecule has 23 aromatic rings. The van der Waals surface area contributed by atoms with Crippen LogP contribution in [0.25, 0.3) is 165 Å². The molecule has 4 heterocycles. The van der Waals surface area contributed by atoms with Gasteiger partial charge in [-0.3, -0.25) is 0 Å². The Hall–Kier alpha value is -15.6. The van der Waals surface area contributed by atoms with Gasteiger partial charge < -0.3 is 18.3 Å². The molecule has 4 aromatic heterocycles. The normalized spacial score (nSPS) is 15.4. The monoisotopic (exact) mass is 1770 g/mol. The van der Waals surface area contributed by atoms with Crippen molar-refractivity contribution < 1.29 is 4.11 Å². The van der Waals surface area contributed by atoms with E-state index in [0.717, 1.165) is 27.8 Å². The average molecular weight is 1770 g/mol. The first-order valence-electron chi connectivity index (χ1n) is 50.3. The van der Waals surface area contributed by atoms with Crippen molar-refractivity contribution in [2.24, 2.45) is 14.1 Å². The van der Waals surface area contributed by atoms with Crippen molar-refractivity contribution in [3.05, 3.63) is 503 Å². The molecule has 0 bridgehead atoms. The van der Waals surface area contributed by atoms with E-state index < -0.39 is 12.3 Å². The zero-order valence-corrected chi connectivity index (χ0v) is 79.2. The quantitative estimate of drug-likeness (QED) is 0.168. The summed E-state index contributed by atoms with van der Waals surface area (Å²) in [4.78, 5) is 0. The van der Waals surface area contributed by atoms with Crippen LogP contribution in [-0.4, -0.2) is 18.3 Å². The summed E-state index contributed by atoms with van der Waals surface area (Å²) in [5.74, 6) is 0. The Morgan fingerprint density at radius 2 is 0.569 bits per heavy atom. The molecule has 0 N–H and O–H groups in total. The lowest BCUT2D eigenvalue weighted by molar-refractivity contribution is 0.353. The molecule has 4 heteroatoms. The minimum atomic E-state index is -2.05. The maximum atomic E-state index is 7.99. The first-order chi connectivity index (χ1) is 68.2. The molecule has 4 nitrogen and oxygen atoms in total. The molecule has 1 atom stereocenters. The lowest BCUT2D eigenvalue weighted by Crippen LogP contribution is -2.27. The van der Waals surface area contributed by atoms with Gasteiger partial charge in [0.15, 0.2) is 0 Å². The number of fused-ring (bicyclic) bond motifs is 33. The Morgan fingerprint density at radius 3 is 1.08 bits per heavy atom. The van der Waals surface area contributed by atoms with Crippen LogP contribution >= 0.6 is 0 Å². The van der Waals surface area contributed by atoms with Crippen LogP contribution < -0.4 is 0 Å². The zero-order chi connectivity index (χ0) is 95.2. The van der Waals surface area contributed by atoms with Gasteiger partial charge in [0.2, 0.25) is 0 Å². The van der Waals surface area contributed by atoms with Gasteiger partial charge in [-0.15, -0.1) is 0 Å². The van der Waals surface area contributed by atoms with E-state index in [1.54, 1.807) is 11.1 Å². The highest BCUT2D eigenvalue weighted by atomic mass is 15.0. The highest BCUT2D eigenvalue weighted by Crippen LogP contribution is 2.64. The van der Waals surface area contributed by atoms with Crippen LogP contribution in [0.3, 0.4) is 0 Å². The van der Waals surface area contributed by atoms with Crippen molar-refractivity contribution in [3.63, 3.8) is 0 Å². The first kappa shape index (κ1) is 81.0. The summed E-state index contributed by atoms with van der Waals surface area (Å²) in [7, 11) is 4.30. The molecule has 0 saturated heterocycles. The average Bonchev–Trinajstić information content (AvgIpc) is 1.50. The molecule has 0 amide bonds. The fourth-order valence-corrected chi connectivity index (χ4v) is 25.2. The number of benzene rings is 19. The Morgan fingerprint density at radius 1 is 0.226 bits per heavy atom. The van der Waals surface area contributed by atoms with Gasteiger partial charge in [0, 0.05) is 111 Å². The van der Waals surface area contributed by atoms with Crippen molar-refractivity contribution in [1.82, 2.24) is 18.3 Å². The Balaban J connectivity index is 0.0000000926. The van der Waals surface area contributed by atoms with Crippen LogP contribution in [0.15, 0.2) is 425 Å². The number of hydrogen-bond donors (Lipinski definition) is 0. The van der Waals surface area contributed by atoms with Crippen molar-refractivity contribution in [2.75, 3.05) is 0 Å². The molecule has 2 spiro atoms. The van der Waals surface area contributed by atoms with Gasteiger partial charge in [0.05, 0.1) is 27.5 Å². The third-order valence-electron chi connectivity index (χ3n) is 31.3. The van der Waals surface area contributed by atoms with E-state index in [9.17, 15) is 0 Å². The molecule has 0 radical (unpaired) electrons. The van der Waals surface area contributed by atoms with Crippen LogP contribution in [0.5, 0.6) is 0 Å². The highest BCUT2D eigenvalue weighted by molar-refractivity contribution is 6.14. The summed E-state index contributed by atoms with van der Waals surface area (Å²) in [6.07, 6.45) is 6.83. The molecule has 1 unspecified atom stereocenters. The molecule has 1 fully saturated rings. The highest BCUT2D eigenvalue weighted by Gasteiger charge is 2.52. The number of nitrogens with zero attached hydrogens (tertiary/aromatic N) is 4. The van der Waals surface area contributed by atoms with Gasteiger partial charge in [0.1, 0.15) is 0 Å². The van der Waals surface area contributed by atoms with E-state index in [-0.39, 0.29) is 10.8 Å². The topological polar surface area (TPSA) is 19.7 Å². The molecule has 662 valence electrons. The summed E-state index contributed by atoms with van der Waals surface area (Å²) >= 11 is 0. The minimum Gasteiger partial charge on any atom is -0.344 e. The van der Waals surface area contributed by atoms with Gasteiger partial charge in [-0.05, 0) is 253 Å². The molecule has 6 aliphatic carbocycles. The lowest BCUT2D eigenvalue weighted by Gasteiger charge is -2.35. The van der Waals surface area contributed by atoms with Gasteiger partial charge in [-0.25, -0.2) is 0 Å². The van der Waals surface area contributed by atoms with E-state index in [4.69, 9.17) is 4.11 Å². The summed E-state index contributed by atoms with van der Waals surface area (Å²) in [5, 5.41) is 10.3. The van der Waals surface area contributed by atoms with Gasteiger partial charge in [0.25, 0.3) is 0 Å². The smallest absolute Gasteiger partial charge is 0.0728 e. The van der Waals surface area contributed by atoms with Gasteiger partial charge in [-0.2, -0.15) is 0 Å². The van der Waals surface area contributed by atoms with Crippen LogP contribution in [0.1, 0.15) is 142 Å². The molecule has 0 aliphatic heterocycles. The fraction of sp³-hybridized carbons (Fsp3) is 0.143. The number of para-hydroxylation sites is 5. The predicted octanol–water partition coefficient (Wildman–Crippen LogP) is 34.7. The van der Waals surface area contributed by atoms with Crippen molar-refractivity contribution in [3.8, 4) is 78.1 Å². The lowest BCUT2D eigenvalue weighted by atomic mass is 9.68. The summed E-state index contributed by atoms with van der Waals surface area (Å²) in [5.41, 5.74) is 46.6. The van der Waals surface area contributed by atoms with Gasteiger partial charge >= 0.3 is 0 Å². The molecule has 137 heavy (non-hydrogen) atoms. The second kappa shape index (κ2) is 33.2. The maximum absolute atomic E-state index is 7.99. The van der Waals surface area contributed by atoms with Crippen LogP contribution in [0, 0.1) is 27.7 Å². The zero-order valence-electron chi connectivity index (χ0n) is 82.2. The van der Waals surface area contributed by atoms with Gasteiger partial charge in [-0.1, -0.05) is 404 Å². The van der Waals surface area contributed by atoms with E-state index in [1.165, 1.54) is 236 Å². The van der Waals surface area contributed by atoms with E-state index >= 15 is 0 Å². The molecular weight excluding hydrogens is 1650 g/mol. The maximum Gasteiger partial charge on any atom is 0.0728 e. The third kappa shape index (κ3) is 13.3. The molecule has 6 aliphatic rings. The Kier molecular flexibility index (Phi) is 19.6. The molecule has 1 saturated carbocycles. The van der Waals surface area contributed by atoms with Crippen LogP contribution in [0.2, 0.25) is 0 Å². The SMILES string of the molecule is Cc1ccc2c(c1)-c1ccccc1C21CCCCC1.Cc1cccc2c1C(C)(C)c1ccccc1-2.Cc1cccc2c1C1(c3ccccc3-c3ccccc31)c1ccccc1-2.Cn1c2ccc(-c3ccccc3)cc2c2cc(-n3c4ccccc4c4ccccc43)ccc21.Cn1c2ccccc2c2cc(-n3c4ccccc4c4ccccc43)ccc21.[2H]C([2H])([2H])C1(C)c2ccccc2-c2ccc(C)cc21. The number of rotatable bonds is 3. The van der Waals surface area contributed by atoms with Crippen LogP contribution in [-0.2, 0) is 35.8 Å². The molecular formula is C133H110N4. The number of aromatic nitrogens is 4. The van der Waals surface area contributed by atoms with E-state index in [1.807, 2.05) is 56.3 Å². The van der Waals surface area contributed by atoms with Crippen LogP contribution in [0.4, 0.5) is 0 Å². The third-order valence-corrected chi connectivity index (χ3v) is 31.3. The standard InChI is InChI=1S/C31H22N2.C26H18.C25H18N2.C19H20.2C16H16/c1-32-28-17-15-22(21-9-3-2-4-10-21)19-26(28)27-20-23(16-18-29(27)32)33-30-13-7-5-11-24(30)25-12-6-8-14-31(25)33;1-17-9-8-13-21-20-12-4-7-16-24(20)26(25(17)21)22-14-5-2-10-18(22)19-11-3-6-15-23(19)26;1-26-22-11-5-2-10-20(22)21-16-17(14-15-23(21)26)27-24-12-6-3-8-18(24)19-9-4-7-13-25(19)27;1-14-9-10-18-16(13-14)15-7-3-4-8-17(15)19(18)11-5-2-6-12-19;1-11-7-6-9-13-12-8-4-5-10-14(12)16(2,3)15(11)13;1-11-8-9-13-12-6-4-5-7-14(12)16(2,3)15(13)10-11/h2-20H,1H3;2-16H,1H3;2-16H,1H3;3-4,7-10,13H,2,5-6,11-12H2,1H3;2*4-10H,1-3H3/i;;;;;2D3. The van der Waals surface area contributed by atoms with Crippen molar-refractivity contribution >= 4 is 87.2 Å². The van der Waals surface area contributed by atoms with E-state index in [0.29, 0.717) is 5.41 Å². The Bertz CT molecular complexity index is 8750. The first-order valence-corrected chi connectivity index (χ1v) is 48.8. The summed E-state index contributed by atoms with van der Waals surface area (Å²) in [6, 6.07) is 154. The molecule has 19 aromatic carbocycles. The molecule has 29 rings (SSSR count). The summed E-state index contributed by atoms with van der Waals surface area (Å²) in [6.45, 7) is 13.1. The summed E-state index contributed by atoms with van der Waals surface area (Å²) < 4.78 is 33.3. The Labute approximate surface area is 808 Å². The fourth-order valence-electron chi connectivity index (χ4n) is 25.2. The minimum absolute atomic E-state index is 0.150. The predicted molar refractivity (Wildman–Crippen MR) is 580 cm³/mol.